The van der Waals surface area contributed by atoms with Gasteiger partial charge in [0.1, 0.15) is 11.9 Å². The van der Waals surface area contributed by atoms with Crippen LogP contribution in [0.4, 0.5) is 0 Å². The number of aliphatic hydroxyl groups excluding tert-OH is 1. The molecular weight excluding hydrogens is 342 g/mol. The first-order chi connectivity index (χ1) is 12.7. The molecule has 150 valence electrons. The summed E-state index contributed by atoms with van der Waals surface area (Å²) in [6, 6.07) is 0. The van der Waals surface area contributed by atoms with Crippen molar-refractivity contribution < 1.29 is 19.8 Å². The predicted octanol–water partition coefficient (Wildman–Crippen LogP) is 3.38. The summed E-state index contributed by atoms with van der Waals surface area (Å²) in [7, 11) is 0. The van der Waals surface area contributed by atoms with Crippen LogP contribution in [0.15, 0.2) is 17.0 Å². The molecule has 0 spiro atoms. The van der Waals surface area contributed by atoms with Crippen LogP contribution in [0.5, 0.6) is 0 Å². The van der Waals surface area contributed by atoms with Crippen molar-refractivity contribution in [1.29, 1.82) is 0 Å². The first-order valence-electron chi connectivity index (χ1n) is 10.8. The molecule has 0 saturated heterocycles. The van der Waals surface area contributed by atoms with Crippen molar-refractivity contribution in [3.63, 3.8) is 0 Å². The molecule has 5 nitrogen and oxygen atoms in total. The lowest BCUT2D eigenvalue weighted by Crippen LogP contribution is -2.64. The first-order valence-corrected chi connectivity index (χ1v) is 10.8. The van der Waals surface area contributed by atoms with Crippen LogP contribution >= 0.6 is 0 Å². The minimum absolute atomic E-state index is 0.151. The van der Waals surface area contributed by atoms with Gasteiger partial charge in [0.25, 0.3) is 0 Å². The molecule has 0 aromatic carbocycles. The molecule has 4 aliphatic carbocycles. The summed E-state index contributed by atoms with van der Waals surface area (Å²) in [6.07, 6.45) is 11.0. The van der Waals surface area contributed by atoms with E-state index in [-0.39, 0.29) is 17.4 Å². The quantitative estimate of drug-likeness (QED) is 0.700. The van der Waals surface area contributed by atoms with Crippen LogP contribution in [-0.2, 0) is 5.60 Å². The SMILES string of the molecule is C[C@]12CCC(O)CC1CC[C@@H]1[C@H]2CC[C@]2(C)C(O)(c3cnoc3)CC[C@@]12O. The zero-order valence-corrected chi connectivity index (χ0v) is 16.5. The van der Waals surface area contributed by atoms with E-state index < -0.39 is 16.6 Å². The molecule has 4 aliphatic rings. The fourth-order valence-electron chi connectivity index (χ4n) is 8.09. The molecule has 3 unspecified atom stereocenters. The number of nitrogens with zero attached hydrogens (tertiary/aromatic N) is 1. The molecule has 4 saturated carbocycles. The molecule has 5 rings (SSSR count). The van der Waals surface area contributed by atoms with Gasteiger partial charge in [0.2, 0.25) is 0 Å². The summed E-state index contributed by atoms with van der Waals surface area (Å²) >= 11 is 0. The van der Waals surface area contributed by atoms with Gasteiger partial charge in [-0.3, -0.25) is 0 Å². The fourth-order valence-corrected chi connectivity index (χ4v) is 8.09. The molecule has 0 bridgehead atoms. The largest absolute Gasteiger partial charge is 0.393 e. The van der Waals surface area contributed by atoms with Gasteiger partial charge in [-0.2, -0.15) is 0 Å². The Hall–Kier alpha value is -0.910. The van der Waals surface area contributed by atoms with Crippen molar-refractivity contribution in [2.45, 2.75) is 88.9 Å². The van der Waals surface area contributed by atoms with E-state index in [4.69, 9.17) is 4.52 Å². The minimum atomic E-state index is -1.08. The van der Waals surface area contributed by atoms with E-state index in [9.17, 15) is 15.3 Å². The molecule has 0 radical (unpaired) electrons. The molecule has 1 aromatic rings. The van der Waals surface area contributed by atoms with Gasteiger partial charge >= 0.3 is 0 Å². The third-order valence-electron chi connectivity index (χ3n) is 9.88. The van der Waals surface area contributed by atoms with Gasteiger partial charge in [0.15, 0.2) is 0 Å². The number of aliphatic hydroxyl groups is 3. The van der Waals surface area contributed by atoms with Crippen molar-refractivity contribution in [3.05, 3.63) is 18.0 Å². The summed E-state index contributed by atoms with van der Waals surface area (Å²) in [6.45, 7) is 4.50. The lowest BCUT2D eigenvalue weighted by Gasteiger charge is -2.64. The topological polar surface area (TPSA) is 86.7 Å². The Bertz CT molecular complexity index is 722. The smallest absolute Gasteiger partial charge is 0.129 e. The molecule has 1 aromatic heterocycles. The van der Waals surface area contributed by atoms with Gasteiger partial charge in [0, 0.05) is 11.0 Å². The highest BCUT2D eigenvalue weighted by Crippen LogP contribution is 2.71. The number of rotatable bonds is 1. The maximum Gasteiger partial charge on any atom is 0.129 e. The van der Waals surface area contributed by atoms with Crippen molar-refractivity contribution in [2.75, 3.05) is 0 Å². The van der Waals surface area contributed by atoms with Crippen LogP contribution in [-0.4, -0.2) is 32.2 Å². The third kappa shape index (κ3) is 2.09. The van der Waals surface area contributed by atoms with Crippen LogP contribution in [0.2, 0.25) is 0 Å². The lowest BCUT2D eigenvalue weighted by atomic mass is 9.43. The maximum atomic E-state index is 12.1. The number of aromatic nitrogens is 1. The van der Waals surface area contributed by atoms with Crippen molar-refractivity contribution in [2.24, 2.45) is 28.6 Å². The summed E-state index contributed by atoms with van der Waals surface area (Å²) < 4.78 is 5.04. The highest BCUT2D eigenvalue weighted by atomic mass is 16.5. The maximum absolute atomic E-state index is 12.1. The van der Waals surface area contributed by atoms with E-state index >= 15 is 0 Å². The van der Waals surface area contributed by atoms with Gasteiger partial charge in [-0.15, -0.1) is 0 Å². The normalized spacial score (nSPS) is 54.9. The second kappa shape index (κ2) is 5.58. The molecule has 27 heavy (non-hydrogen) atoms. The van der Waals surface area contributed by atoms with E-state index in [1.54, 1.807) is 12.5 Å². The molecule has 4 fully saturated rings. The number of hydrogen-bond donors (Lipinski definition) is 3. The Morgan fingerprint density at radius 2 is 1.81 bits per heavy atom. The van der Waals surface area contributed by atoms with Crippen molar-refractivity contribution in [1.82, 2.24) is 5.16 Å². The van der Waals surface area contributed by atoms with Gasteiger partial charge in [0.05, 0.1) is 17.9 Å². The summed E-state index contributed by atoms with van der Waals surface area (Å²) in [5, 5.41) is 37.8. The van der Waals surface area contributed by atoms with E-state index in [2.05, 4.69) is 19.0 Å². The third-order valence-corrected chi connectivity index (χ3v) is 9.88. The van der Waals surface area contributed by atoms with Crippen molar-refractivity contribution >= 4 is 0 Å². The van der Waals surface area contributed by atoms with Crippen LogP contribution in [0, 0.1) is 28.6 Å². The van der Waals surface area contributed by atoms with E-state index in [0.29, 0.717) is 30.2 Å². The molecular formula is C22H33NO4. The van der Waals surface area contributed by atoms with Crippen LogP contribution in [0.1, 0.15) is 77.2 Å². The Morgan fingerprint density at radius 1 is 1.00 bits per heavy atom. The molecule has 5 heteroatoms. The predicted molar refractivity (Wildman–Crippen MR) is 99.6 cm³/mol. The highest BCUT2D eigenvalue weighted by Gasteiger charge is 2.72. The second-order valence-electron chi connectivity index (χ2n) is 10.5. The monoisotopic (exact) mass is 375 g/mol. The van der Waals surface area contributed by atoms with E-state index in [1.165, 1.54) is 0 Å². The Kier molecular flexibility index (Phi) is 3.75. The molecule has 8 atom stereocenters. The Balaban J connectivity index is 1.52. The van der Waals surface area contributed by atoms with E-state index in [0.717, 1.165) is 44.9 Å². The van der Waals surface area contributed by atoms with Crippen LogP contribution < -0.4 is 0 Å². The average molecular weight is 376 g/mol. The number of fused-ring (bicyclic) bond motifs is 5. The number of hydrogen-bond acceptors (Lipinski definition) is 5. The molecule has 0 amide bonds. The first kappa shape index (κ1) is 18.1. The standard InChI is InChI=1S/C22H33NO4/c1-19-7-5-16(24)11-14(19)3-4-18-17(19)6-8-20(2)21(25,9-10-22(18,20)26)15-12-23-27-13-15/h12-14,16-18,24-26H,3-11H2,1-2H3/t14?,16?,17-,18-,19+,20-,21?,22-/m1/s1. The van der Waals surface area contributed by atoms with Gasteiger partial charge in [-0.05, 0) is 81.0 Å². The van der Waals surface area contributed by atoms with Crippen molar-refractivity contribution in [3.8, 4) is 0 Å². The van der Waals surface area contributed by atoms with Gasteiger partial charge in [-0.25, -0.2) is 0 Å². The zero-order chi connectivity index (χ0) is 19.1. The highest BCUT2D eigenvalue weighted by molar-refractivity contribution is 5.29. The summed E-state index contributed by atoms with van der Waals surface area (Å²) in [5.74, 6) is 1.27. The summed E-state index contributed by atoms with van der Waals surface area (Å²) in [5.41, 5.74) is -1.60. The Morgan fingerprint density at radius 3 is 2.56 bits per heavy atom. The minimum Gasteiger partial charge on any atom is -0.393 e. The Labute approximate surface area is 161 Å². The fraction of sp³-hybridized carbons (Fsp3) is 0.864. The van der Waals surface area contributed by atoms with Crippen LogP contribution in [0.3, 0.4) is 0 Å². The van der Waals surface area contributed by atoms with Gasteiger partial charge < -0.3 is 19.8 Å². The lowest BCUT2D eigenvalue weighted by molar-refractivity contribution is -0.238. The second-order valence-corrected chi connectivity index (χ2v) is 10.5. The molecule has 3 N–H and O–H groups in total. The molecule has 0 aliphatic heterocycles. The van der Waals surface area contributed by atoms with E-state index in [1.807, 2.05) is 0 Å². The average Bonchev–Trinajstić information content (AvgIpc) is 3.24. The zero-order valence-electron chi connectivity index (χ0n) is 16.5. The molecule has 1 heterocycles. The van der Waals surface area contributed by atoms with Crippen LogP contribution in [0.25, 0.3) is 0 Å². The summed E-state index contributed by atoms with van der Waals surface area (Å²) in [4.78, 5) is 0. The van der Waals surface area contributed by atoms with Gasteiger partial charge in [-0.1, -0.05) is 19.0 Å².